The van der Waals surface area contributed by atoms with Crippen molar-refractivity contribution in [2.75, 3.05) is 13.1 Å². The molecule has 5 N–H and O–H groups in total. The minimum absolute atomic E-state index is 0.184. The van der Waals surface area contributed by atoms with Crippen molar-refractivity contribution in [1.82, 2.24) is 15.5 Å². The second-order valence-corrected chi connectivity index (χ2v) is 11.3. The number of likely N-dealkylation sites (tertiary alicyclic amines) is 1. The first-order valence-corrected chi connectivity index (χ1v) is 13.9. The fourth-order valence-corrected chi connectivity index (χ4v) is 5.15. The quantitative estimate of drug-likeness (QED) is 0.340. The molecule has 8 heteroatoms. The van der Waals surface area contributed by atoms with Gasteiger partial charge in [0.25, 0.3) is 5.91 Å². The average Bonchev–Trinajstić information content (AvgIpc) is 3.36. The SMILES string of the molecule is CC(C)C[C@H](NC(=O)[C@@H]1CCCN1C(=O)[C@@H](O)[C@H](N)CC(C)C)C(=O)NCCc1ccc2ccccc2c1. The summed E-state index contributed by atoms with van der Waals surface area (Å²) >= 11 is 0. The summed E-state index contributed by atoms with van der Waals surface area (Å²) in [4.78, 5) is 40.7. The van der Waals surface area contributed by atoms with Crippen LogP contribution in [0.15, 0.2) is 42.5 Å². The van der Waals surface area contributed by atoms with Crippen molar-refractivity contribution in [3.8, 4) is 0 Å². The highest BCUT2D eigenvalue weighted by Gasteiger charge is 2.39. The molecule has 0 unspecified atom stereocenters. The fourth-order valence-electron chi connectivity index (χ4n) is 5.15. The third-order valence-electron chi connectivity index (χ3n) is 7.11. The molecule has 2 aromatic carbocycles. The first-order valence-electron chi connectivity index (χ1n) is 13.9. The third kappa shape index (κ3) is 8.01. The predicted octanol–water partition coefficient (Wildman–Crippen LogP) is 2.75. The molecule has 208 valence electrons. The van der Waals surface area contributed by atoms with Crippen molar-refractivity contribution in [3.63, 3.8) is 0 Å². The molecule has 0 aromatic heterocycles. The lowest BCUT2D eigenvalue weighted by atomic mass is 9.99. The van der Waals surface area contributed by atoms with E-state index >= 15 is 0 Å². The molecule has 0 saturated carbocycles. The Morgan fingerprint density at radius 2 is 1.71 bits per heavy atom. The molecule has 3 rings (SSSR count). The van der Waals surface area contributed by atoms with Crippen molar-refractivity contribution < 1.29 is 19.5 Å². The summed E-state index contributed by atoms with van der Waals surface area (Å²) in [5.74, 6) is -0.695. The Morgan fingerprint density at radius 1 is 1.03 bits per heavy atom. The molecule has 0 aliphatic carbocycles. The van der Waals surface area contributed by atoms with E-state index in [1.54, 1.807) is 0 Å². The Bertz CT molecular complexity index is 1100. The van der Waals surface area contributed by atoms with E-state index in [0.717, 1.165) is 10.9 Å². The minimum atomic E-state index is -1.35. The molecule has 1 fully saturated rings. The van der Waals surface area contributed by atoms with E-state index in [1.165, 1.54) is 10.3 Å². The fraction of sp³-hybridized carbons (Fsp3) is 0.567. The molecule has 4 atom stereocenters. The van der Waals surface area contributed by atoms with Crippen LogP contribution in [-0.2, 0) is 20.8 Å². The van der Waals surface area contributed by atoms with Gasteiger partial charge in [0, 0.05) is 19.1 Å². The largest absolute Gasteiger partial charge is 0.382 e. The van der Waals surface area contributed by atoms with Crippen LogP contribution in [0.4, 0.5) is 0 Å². The highest BCUT2D eigenvalue weighted by atomic mass is 16.3. The molecule has 1 saturated heterocycles. The van der Waals surface area contributed by atoms with E-state index in [2.05, 4.69) is 41.0 Å². The number of aliphatic hydroxyl groups is 1. The van der Waals surface area contributed by atoms with Crippen molar-refractivity contribution >= 4 is 28.5 Å². The van der Waals surface area contributed by atoms with Crippen molar-refractivity contribution in [1.29, 1.82) is 0 Å². The minimum Gasteiger partial charge on any atom is -0.382 e. The first-order chi connectivity index (χ1) is 18.1. The van der Waals surface area contributed by atoms with E-state index in [0.29, 0.717) is 45.2 Å². The number of hydrogen-bond acceptors (Lipinski definition) is 5. The molecular formula is C30H44N4O4. The van der Waals surface area contributed by atoms with Crippen molar-refractivity contribution in [2.24, 2.45) is 17.6 Å². The van der Waals surface area contributed by atoms with Gasteiger partial charge in [0.2, 0.25) is 11.8 Å². The Morgan fingerprint density at radius 3 is 2.39 bits per heavy atom. The second-order valence-electron chi connectivity index (χ2n) is 11.3. The summed E-state index contributed by atoms with van der Waals surface area (Å²) in [5, 5.41) is 18.7. The van der Waals surface area contributed by atoms with E-state index in [-0.39, 0.29) is 23.7 Å². The number of carbonyl (C=O) groups is 3. The van der Waals surface area contributed by atoms with Crippen LogP contribution in [0.1, 0.15) is 58.9 Å². The van der Waals surface area contributed by atoms with Crippen molar-refractivity contribution in [2.45, 2.75) is 84.0 Å². The second kappa shape index (κ2) is 13.7. The van der Waals surface area contributed by atoms with Gasteiger partial charge in [0.05, 0.1) is 0 Å². The molecule has 38 heavy (non-hydrogen) atoms. The molecule has 2 aromatic rings. The zero-order valence-electron chi connectivity index (χ0n) is 23.2. The average molecular weight is 525 g/mol. The van der Waals surface area contributed by atoms with Crippen LogP contribution in [0.5, 0.6) is 0 Å². The van der Waals surface area contributed by atoms with Gasteiger partial charge in [-0.2, -0.15) is 0 Å². The zero-order valence-corrected chi connectivity index (χ0v) is 23.2. The Balaban J connectivity index is 1.59. The zero-order chi connectivity index (χ0) is 27.8. The van der Waals surface area contributed by atoms with Crippen LogP contribution >= 0.6 is 0 Å². The van der Waals surface area contributed by atoms with Crippen LogP contribution in [-0.4, -0.2) is 65.0 Å². The smallest absolute Gasteiger partial charge is 0.253 e. The lowest BCUT2D eigenvalue weighted by Crippen LogP contribution is -2.56. The number of hydrogen-bond donors (Lipinski definition) is 4. The predicted molar refractivity (Wildman–Crippen MR) is 150 cm³/mol. The number of nitrogens with one attached hydrogen (secondary N) is 2. The Labute approximate surface area is 226 Å². The van der Waals surface area contributed by atoms with Gasteiger partial charge in [-0.05, 0) is 60.3 Å². The number of nitrogens with zero attached hydrogens (tertiary/aromatic N) is 1. The number of nitrogens with two attached hydrogens (primary N) is 1. The van der Waals surface area contributed by atoms with Crippen LogP contribution < -0.4 is 16.4 Å². The number of rotatable bonds is 12. The van der Waals surface area contributed by atoms with Crippen LogP contribution in [0.2, 0.25) is 0 Å². The molecule has 0 spiro atoms. The monoisotopic (exact) mass is 524 g/mol. The highest BCUT2D eigenvalue weighted by Crippen LogP contribution is 2.21. The van der Waals surface area contributed by atoms with E-state index in [1.807, 2.05) is 39.8 Å². The van der Waals surface area contributed by atoms with Crippen LogP contribution in [0.3, 0.4) is 0 Å². The van der Waals surface area contributed by atoms with Crippen LogP contribution in [0.25, 0.3) is 10.8 Å². The van der Waals surface area contributed by atoms with Gasteiger partial charge in [0.1, 0.15) is 18.2 Å². The van der Waals surface area contributed by atoms with E-state index in [4.69, 9.17) is 5.73 Å². The van der Waals surface area contributed by atoms with Gasteiger partial charge in [0.15, 0.2) is 0 Å². The normalized spacial score (nSPS) is 18.0. The van der Waals surface area contributed by atoms with Gasteiger partial charge < -0.3 is 26.4 Å². The number of aliphatic hydroxyl groups excluding tert-OH is 1. The highest BCUT2D eigenvalue weighted by molar-refractivity contribution is 5.93. The third-order valence-corrected chi connectivity index (χ3v) is 7.11. The van der Waals surface area contributed by atoms with E-state index < -0.39 is 30.1 Å². The van der Waals surface area contributed by atoms with E-state index in [9.17, 15) is 19.5 Å². The Kier molecular flexibility index (Phi) is 10.7. The first kappa shape index (κ1) is 29.6. The van der Waals surface area contributed by atoms with Gasteiger partial charge in [-0.25, -0.2) is 0 Å². The van der Waals surface area contributed by atoms with Gasteiger partial charge in [-0.1, -0.05) is 70.2 Å². The maximum Gasteiger partial charge on any atom is 0.253 e. The molecule has 3 amide bonds. The lowest BCUT2D eigenvalue weighted by Gasteiger charge is -2.30. The summed E-state index contributed by atoms with van der Waals surface area (Å²) in [6, 6.07) is 12.3. The Hall–Kier alpha value is -2.97. The molecule has 1 aliphatic rings. The molecule has 8 nitrogen and oxygen atoms in total. The summed E-state index contributed by atoms with van der Waals surface area (Å²) < 4.78 is 0. The summed E-state index contributed by atoms with van der Waals surface area (Å²) in [6.07, 6.45) is 1.46. The summed E-state index contributed by atoms with van der Waals surface area (Å²) in [5.41, 5.74) is 7.18. The molecule has 1 heterocycles. The lowest BCUT2D eigenvalue weighted by molar-refractivity contribution is -0.146. The molecule has 1 aliphatic heterocycles. The number of amides is 3. The summed E-state index contributed by atoms with van der Waals surface area (Å²) in [7, 11) is 0. The topological polar surface area (TPSA) is 125 Å². The number of fused-ring (bicyclic) bond motifs is 1. The molecular weight excluding hydrogens is 480 g/mol. The summed E-state index contributed by atoms with van der Waals surface area (Å²) in [6.45, 7) is 8.79. The molecule has 0 radical (unpaired) electrons. The maximum atomic E-state index is 13.2. The van der Waals surface area contributed by atoms with Gasteiger partial charge in [-0.3, -0.25) is 14.4 Å². The number of carbonyl (C=O) groups excluding carboxylic acids is 3. The standard InChI is InChI=1S/C30H44N4O4/c1-19(2)16-24(31)27(35)30(38)34-15-7-10-26(34)29(37)33-25(17-20(3)4)28(36)32-14-13-21-11-12-22-8-5-6-9-23(22)18-21/h5-6,8-9,11-12,18-20,24-27,35H,7,10,13-17,31H2,1-4H3,(H,32,36)(H,33,37)/t24-,25+,26+,27+/m1/s1. The van der Waals surface area contributed by atoms with Gasteiger partial charge >= 0.3 is 0 Å². The van der Waals surface area contributed by atoms with Gasteiger partial charge in [-0.15, -0.1) is 0 Å². The number of benzene rings is 2. The van der Waals surface area contributed by atoms with Crippen molar-refractivity contribution in [3.05, 3.63) is 48.0 Å². The molecule has 0 bridgehead atoms. The van der Waals surface area contributed by atoms with Crippen LogP contribution in [0, 0.1) is 11.8 Å². The maximum absolute atomic E-state index is 13.2.